The third-order valence-electron chi connectivity index (χ3n) is 1.85. The monoisotopic (exact) mass is 289 g/mol. The molecule has 16 heavy (non-hydrogen) atoms. The van der Waals surface area contributed by atoms with Gasteiger partial charge in [0.2, 0.25) is 0 Å². The summed E-state index contributed by atoms with van der Waals surface area (Å²) in [6, 6.07) is 0. The second-order valence-corrected chi connectivity index (χ2v) is 4.06. The SMILES string of the molecule is CCCOCc1nc(N)c(Br)c(COC)n1. The maximum Gasteiger partial charge on any atom is 0.156 e. The lowest BCUT2D eigenvalue weighted by Crippen LogP contribution is -2.08. The molecule has 0 aliphatic rings. The van der Waals surface area contributed by atoms with E-state index in [4.69, 9.17) is 15.2 Å². The summed E-state index contributed by atoms with van der Waals surface area (Å²) in [4.78, 5) is 8.43. The first-order valence-corrected chi connectivity index (χ1v) is 5.85. The molecule has 6 heteroatoms. The standard InChI is InChI=1S/C10H16BrN3O2/c1-3-4-16-6-8-13-7(5-15-2)9(11)10(12)14-8/h3-6H2,1-2H3,(H2,12,13,14). The Balaban J connectivity index is 2.77. The predicted octanol–water partition coefficient (Wildman–Crippen LogP) is 1.89. The molecule has 0 saturated heterocycles. The van der Waals surface area contributed by atoms with Gasteiger partial charge in [-0.1, -0.05) is 6.92 Å². The van der Waals surface area contributed by atoms with Crippen LogP contribution in [0.2, 0.25) is 0 Å². The number of methoxy groups -OCH3 is 1. The Labute approximate surface area is 103 Å². The number of nitrogen functional groups attached to an aromatic ring is 1. The van der Waals surface area contributed by atoms with Crippen molar-refractivity contribution in [3.63, 3.8) is 0 Å². The van der Waals surface area contributed by atoms with Gasteiger partial charge in [-0.3, -0.25) is 0 Å². The van der Waals surface area contributed by atoms with Gasteiger partial charge in [-0.25, -0.2) is 9.97 Å². The first kappa shape index (κ1) is 13.3. The zero-order valence-corrected chi connectivity index (χ0v) is 11.1. The van der Waals surface area contributed by atoms with Crippen LogP contribution >= 0.6 is 15.9 Å². The van der Waals surface area contributed by atoms with Crippen molar-refractivity contribution >= 4 is 21.7 Å². The first-order chi connectivity index (χ1) is 7.69. The van der Waals surface area contributed by atoms with E-state index < -0.39 is 0 Å². The van der Waals surface area contributed by atoms with Crippen molar-refractivity contribution < 1.29 is 9.47 Å². The van der Waals surface area contributed by atoms with Crippen molar-refractivity contribution in [3.05, 3.63) is 16.0 Å². The lowest BCUT2D eigenvalue weighted by molar-refractivity contribution is 0.115. The first-order valence-electron chi connectivity index (χ1n) is 5.06. The van der Waals surface area contributed by atoms with E-state index in [9.17, 15) is 0 Å². The Morgan fingerprint density at radius 1 is 1.31 bits per heavy atom. The molecule has 1 heterocycles. The maximum absolute atomic E-state index is 5.75. The zero-order valence-electron chi connectivity index (χ0n) is 9.49. The number of hydrogen-bond donors (Lipinski definition) is 1. The molecule has 0 saturated carbocycles. The summed E-state index contributed by atoms with van der Waals surface area (Å²) in [5.41, 5.74) is 6.49. The molecule has 0 fully saturated rings. The highest BCUT2D eigenvalue weighted by Gasteiger charge is 2.09. The topological polar surface area (TPSA) is 70.3 Å². The molecule has 0 bridgehead atoms. The van der Waals surface area contributed by atoms with Gasteiger partial charge in [-0.15, -0.1) is 0 Å². The largest absolute Gasteiger partial charge is 0.383 e. The van der Waals surface area contributed by atoms with Gasteiger partial charge >= 0.3 is 0 Å². The summed E-state index contributed by atoms with van der Waals surface area (Å²) in [5.74, 6) is 0.998. The Hall–Kier alpha value is -0.720. The van der Waals surface area contributed by atoms with Crippen molar-refractivity contribution in [2.45, 2.75) is 26.6 Å². The molecule has 0 spiro atoms. The van der Waals surface area contributed by atoms with E-state index in [1.807, 2.05) is 6.92 Å². The Kier molecular flexibility index (Phi) is 5.65. The molecule has 5 nitrogen and oxygen atoms in total. The van der Waals surface area contributed by atoms with Crippen LogP contribution in [0.1, 0.15) is 24.9 Å². The molecule has 1 aromatic heterocycles. The molecule has 2 N–H and O–H groups in total. The van der Waals surface area contributed by atoms with Crippen molar-refractivity contribution in [1.29, 1.82) is 0 Å². The molecule has 0 aromatic carbocycles. The summed E-state index contributed by atoms with van der Waals surface area (Å²) >= 11 is 3.33. The van der Waals surface area contributed by atoms with E-state index in [1.165, 1.54) is 0 Å². The van der Waals surface area contributed by atoms with Gasteiger partial charge in [0.25, 0.3) is 0 Å². The van der Waals surface area contributed by atoms with Crippen LogP contribution in [0.4, 0.5) is 5.82 Å². The van der Waals surface area contributed by atoms with Gasteiger partial charge in [0.15, 0.2) is 5.82 Å². The third kappa shape index (κ3) is 3.70. The lowest BCUT2D eigenvalue weighted by Gasteiger charge is -2.08. The zero-order chi connectivity index (χ0) is 12.0. The van der Waals surface area contributed by atoms with Crippen LogP contribution in [-0.2, 0) is 22.7 Å². The second kappa shape index (κ2) is 6.78. The number of halogens is 1. The van der Waals surface area contributed by atoms with E-state index in [2.05, 4.69) is 25.9 Å². The normalized spacial score (nSPS) is 10.7. The fraction of sp³-hybridized carbons (Fsp3) is 0.600. The van der Waals surface area contributed by atoms with Crippen LogP contribution in [0, 0.1) is 0 Å². The summed E-state index contributed by atoms with van der Waals surface area (Å²) < 4.78 is 11.1. The van der Waals surface area contributed by atoms with Gasteiger partial charge in [0, 0.05) is 13.7 Å². The van der Waals surface area contributed by atoms with Gasteiger partial charge in [-0.05, 0) is 22.4 Å². The number of rotatable bonds is 6. The summed E-state index contributed by atoms with van der Waals surface area (Å²) in [6.07, 6.45) is 0.969. The van der Waals surface area contributed by atoms with Crippen molar-refractivity contribution in [2.24, 2.45) is 0 Å². The minimum Gasteiger partial charge on any atom is -0.383 e. The Morgan fingerprint density at radius 2 is 2.06 bits per heavy atom. The number of hydrogen-bond acceptors (Lipinski definition) is 5. The van der Waals surface area contributed by atoms with E-state index in [0.717, 1.165) is 12.1 Å². The van der Waals surface area contributed by atoms with Crippen molar-refractivity contribution in [1.82, 2.24) is 9.97 Å². The smallest absolute Gasteiger partial charge is 0.156 e. The fourth-order valence-corrected chi connectivity index (χ4v) is 1.46. The summed E-state index contributed by atoms with van der Waals surface area (Å²) in [7, 11) is 1.61. The lowest BCUT2D eigenvalue weighted by atomic mass is 10.4. The quantitative estimate of drug-likeness (QED) is 0.810. The molecule has 0 atom stereocenters. The van der Waals surface area contributed by atoms with Crippen LogP contribution in [0.3, 0.4) is 0 Å². The Morgan fingerprint density at radius 3 is 2.69 bits per heavy atom. The van der Waals surface area contributed by atoms with Gasteiger partial charge in [-0.2, -0.15) is 0 Å². The highest BCUT2D eigenvalue weighted by molar-refractivity contribution is 9.10. The number of ether oxygens (including phenoxy) is 2. The predicted molar refractivity (Wildman–Crippen MR) is 64.8 cm³/mol. The van der Waals surface area contributed by atoms with E-state index in [1.54, 1.807) is 7.11 Å². The number of anilines is 1. The number of nitrogens with two attached hydrogens (primary N) is 1. The third-order valence-corrected chi connectivity index (χ3v) is 2.72. The van der Waals surface area contributed by atoms with Crippen molar-refractivity contribution in [3.8, 4) is 0 Å². The molecule has 1 aromatic rings. The number of nitrogens with zero attached hydrogens (tertiary/aromatic N) is 2. The van der Waals surface area contributed by atoms with Gasteiger partial charge in [0.1, 0.15) is 12.4 Å². The average molecular weight is 290 g/mol. The van der Waals surface area contributed by atoms with Crippen LogP contribution in [0.15, 0.2) is 4.47 Å². The average Bonchev–Trinajstić information content (AvgIpc) is 2.26. The molecular weight excluding hydrogens is 274 g/mol. The molecule has 0 aliphatic carbocycles. The van der Waals surface area contributed by atoms with E-state index >= 15 is 0 Å². The molecule has 90 valence electrons. The van der Waals surface area contributed by atoms with Crippen LogP contribution < -0.4 is 5.73 Å². The molecule has 0 unspecified atom stereocenters. The fourth-order valence-electron chi connectivity index (χ4n) is 1.17. The van der Waals surface area contributed by atoms with Gasteiger partial charge in [0.05, 0.1) is 16.8 Å². The van der Waals surface area contributed by atoms with Crippen LogP contribution in [-0.4, -0.2) is 23.7 Å². The summed E-state index contributed by atoms with van der Waals surface area (Å²) in [6.45, 7) is 3.52. The van der Waals surface area contributed by atoms with E-state index in [-0.39, 0.29) is 0 Å². The van der Waals surface area contributed by atoms with Gasteiger partial charge < -0.3 is 15.2 Å². The second-order valence-electron chi connectivity index (χ2n) is 3.27. The van der Waals surface area contributed by atoms with Crippen LogP contribution in [0.25, 0.3) is 0 Å². The minimum atomic E-state index is 0.377. The summed E-state index contributed by atoms with van der Waals surface area (Å²) in [5, 5.41) is 0. The molecule has 0 radical (unpaired) electrons. The molecule has 0 aliphatic heterocycles. The minimum absolute atomic E-state index is 0.377. The molecule has 1 rings (SSSR count). The van der Waals surface area contributed by atoms with E-state index in [0.29, 0.717) is 35.9 Å². The highest BCUT2D eigenvalue weighted by atomic mass is 79.9. The molecule has 0 amide bonds. The number of aromatic nitrogens is 2. The highest BCUT2D eigenvalue weighted by Crippen LogP contribution is 2.21. The molecular formula is C10H16BrN3O2. The van der Waals surface area contributed by atoms with Crippen LogP contribution in [0.5, 0.6) is 0 Å². The van der Waals surface area contributed by atoms with Crippen molar-refractivity contribution in [2.75, 3.05) is 19.5 Å². The Bertz CT molecular complexity index is 347. The maximum atomic E-state index is 5.75.